The van der Waals surface area contributed by atoms with Crippen molar-refractivity contribution in [1.29, 1.82) is 0 Å². The van der Waals surface area contributed by atoms with Crippen molar-refractivity contribution in [3.05, 3.63) is 68.2 Å². The predicted octanol–water partition coefficient (Wildman–Crippen LogP) is 4.12. The van der Waals surface area contributed by atoms with Gasteiger partial charge in [-0.25, -0.2) is 4.68 Å². The lowest BCUT2D eigenvalue weighted by molar-refractivity contribution is 0.288. The maximum atomic E-state index is 11.9. The third kappa shape index (κ3) is 4.09. The Morgan fingerprint density at radius 3 is 2.83 bits per heavy atom. The zero-order valence-corrected chi connectivity index (χ0v) is 14.9. The molecule has 0 bridgehead atoms. The van der Waals surface area contributed by atoms with Crippen LogP contribution in [0.4, 0.5) is 0 Å². The molecule has 0 atom stereocenters. The lowest BCUT2D eigenvalue weighted by Gasteiger charge is -2.08. The highest BCUT2D eigenvalue weighted by molar-refractivity contribution is 9.10. The predicted molar refractivity (Wildman–Crippen MR) is 96.2 cm³/mol. The Bertz CT molecular complexity index is 873. The van der Waals surface area contributed by atoms with Crippen molar-refractivity contribution in [2.75, 3.05) is 6.61 Å². The first-order chi connectivity index (χ1) is 11.1. The molecule has 1 aromatic carbocycles. The van der Waals surface area contributed by atoms with E-state index in [4.69, 9.17) is 4.74 Å². The second-order valence-electron chi connectivity index (χ2n) is 5.00. The van der Waals surface area contributed by atoms with Crippen molar-refractivity contribution in [2.24, 2.45) is 0 Å². The number of aromatic nitrogens is 2. The number of thiophene rings is 1. The Morgan fingerprint density at radius 1 is 1.22 bits per heavy atom. The molecule has 3 aromatic rings. The maximum Gasteiger partial charge on any atom is 0.266 e. The zero-order valence-electron chi connectivity index (χ0n) is 12.5. The number of aryl methyl sites for hydroxylation is 1. The third-order valence-corrected chi connectivity index (χ3v) is 4.74. The Labute approximate surface area is 146 Å². The van der Waals surface area contributed by atoms with E-state index in [2.05, 4.69) is 28.0 Å². The number of rotatable bonds is 5. The van der Waals surface area contributed by atoms with Crippen LogP contribution in [0.25, 0.3) is 10.6 Å². The summed E-state index contributed by atoms with van der Waals surface area (Å²) in [5.74, 6) is 0.762. The maximum absolute atomic E-state index is 11.9. The fraction of sp³-hybridized carbons (Fsp3) is 0.176. The average Bonchev–Trinajstić information content (AvgIpc) is 2.96. The van der Waals surface area contributed by atoms with Crippen molar-refractivity contribution in [1.82, 2.24) is 9.78 Å². The number of halogens is 1. The van der Waals surface area contributed by atoms with Crippen LogP contribution in [0, 0.1) is 6.92 Å². The molecule has 0 amide bonds. The molecule has 0 aliphatic rings. The Balaban J connectivity index is 1.71. The van der Waals surface area contributed by atoms with Gasteiger partial charge >= 0.3 is 0 Å². The topological polar surface area (TPSA) is 44.1 Å². The van der Waals surface area contributed by atoms with E-state index >= 15 is 0 Å². The highest BCUT2D eigenvalue weighted by atomic mass is 79.9. The van der Waals surface area contributed by atoms with Gasteiger partial charge in [0.1, 0.15) is 18.1 Å². The highest BCUT2D eigenvalue weighted by Gasteiger charge is 2.06. The van der Waals surface area contributed by atoms with Crippen molar-refractivity contribution < 1.29 is 4.74 Å². The molecule has 0 aliphatic heterocycles. The SMILES string of the molecule is Cc1ccc(-c2ccc(=O)n(CCOc3cccc(Br)c3)n2)s1. The molecular formula is C17H15BrN2O2S. The van der Waals surface area contributed by atoms with E-state index in [1.165, 1.54) is 9.56 Å². The molecule has 0 fully saturated rings. The summed E-state index contributed by atoms with van der Waals surface area (Å²) in [6, 6.07) is 15.0. The van der Waals surface area contributed by atoms with E-state index in [1.54, 1.807) is 23.5 Å². The molecule has 0 N–H and O–H groups in total. The van der Waals surface area contributed by atoms with Gasteiger partial charge in [-0.1, -0.05) is 22.0 Å². The molecule has 23 heavy (non-hydrogen) atoms. The molecule has 0 saturated heterocycles. The van der Waals surface area contributed by atoms with Gasteiger partial charge in [-0.2, -0.15) is 5.10 Å². The van der Waals surface area contributed by atoms with Gasteiger partial charge in [0.05, 0.1) is 11.4 Å². The average molecular weight is 391 g/mol. The smallest absolute Gasteiger partial charge is 0.266 e. The second-order valence-corrected chi connectivity index (χ2v) is 7.20. The van der Waals surface area contributed by atoms with E-state index in [0.29, 0.717) is 13.2 Å². The summed E-state index contributed by atoms with van der Waals surface area (Å²) in [7, 11) is 0. The minimum Gasteiger partial charge on any atom is -0.492 e. The molecule has 2 aromatic heterocycles. The summed E-state index contributed by atoms with van der Waals surface area (Å²) in [5.41, 5.74) is 0.685. The summed E-state index contributed by atoms with van der Waals surface area (Å²) in [6.07, 6.45) is 0. The fourth-order valence-electron chi connectivity index (χ4n) is 2.12. The van der Waals surface area contributed by atoms with Crippen LogP contribution in [0.15, 0.2) is 57.8 Å². The zero-order chi connectivity index (χ0) is 16.2. The first-order valence-electron chi connectivity index (χ1n) is 7.15. The Kier molecular flexibility index (Phi) is 4.93. The van der Waals surface area contributed by atoms with E-state index in [1.807, 2.05) is 36.4 Å². The van der Waals surface area contributed by atoms with E-state index in [0.717, 1.165) is 20.8 Å². The van der Waals surface area contributed by atoms with Crippen LogP contribution in [0.3, 0.4) is 0 Å². The highest BCUT2D eigenvalue weighted by Crippen LogP contribution is 2.25. The summed E-state index contributed by atoms with van der Waals surface area (Å²) in [6.45, 7) is 2.84. The molecule has 4 nitrogen and oxygen atoms in total. The van der Waals surface area contributed by atoms with E-state index in [-0.39, 0.29) is 5.56 Å². The monoisotopic (exact) mass is 390 g/mol. The van der Waals surface area contributed by atoms with Crippen molar-refractivity contribution in [3.63, 3.8) is 0 Å². The number of benzene rings is 1. The minimum atomic E-state index is -0.125. The third-order valence-electron chi connectivity index (χ3n) is 3.23. The van der Waals surface area contributed by atoms with Crippen LogP contribution in [0.2, 0.25) is 0 Å². The molecule has 0 aliphatic carbocycles. The van der Waals surface area contributed by atoms with Gasteiger partial charge in [-0.05, 0) is 43.3 Å². The summed E-state index contributed by atoms with van der Waals surface area (Å²) in [5, 5.41) is 4.43. The van der Waals surface area contributed by atoms with Crippen LogP contribution in [-0.4, -0.2) is 16.4 Å². The fourth-order valence-corrected chi connectivity index (χ4v) is 3.33. The standard InChI is InChI=1S/C17H15BrN2O2S/c1-12-5-7-16(23-12)15-6-8-17(21)20(19-15)9-10-22-14-4-2-3-13(18)11-14/h2-8,11H,9-10H2,1H3. The van der Waals surface area contributed by atoms with E-state index < -0.39 is 0 Å². The number of nitrogens with zero attached hydrogens (tertiary/aromatic N) is 2. The van der Waals surface area contributed by atoms with Gasteiger partial charge in [0, 0.05) is 15.4 Å². The quantitative estimate of drug-likeness (QED) is 0.657. The van der Waals surface area contributed by atoms with E-state index in [9.17, 15) is 4.79 Å². The second kappa shape index (κ2) is 7.10. The molecule has 0 unspecified atom stereocenters. The molecular weight excluding hydrogens is 376 g/mol. The van der Waals surface area contributed by atoms with Gasteiger partial charge in [0.25, 0.3) is 5.56 Å². The van der Waals surface area contributed by atoms with Crippen LogP contribution < -0.4 is 10.3 Å². The molecule has 3 rings (SSSR count). The molecule has 6 heteroatoms. The van der Waals surface area contributed by atoms with Crippen LogP contribution in [0.1, 0.15) is 4.88 Å². The Morgan fingerprint density at radius 2 is 2.09 bits per heavy atom. The number of hydrogen-bond donors (Lipinski definition) is 0. The van der Waals surface area contributed by atoms with Crippen LogP contribution in [0.5, 0.6) is 5.75 Å². The van der Waals surface area contributed by atoms with Crippen molar-refractivity contribution in [2.45, 2.75) is 13.5 Å². The van der Waals surface area contributed by atoms with Gasteiger partial charge < -0.3 is 4.74 Å². The van der Waals surface area contributed by atoms with Gasteiger partial charge in [-0.15, -0.1) is 11.3 Å². The summed E-state index contributed by atoms with van der Waals surface area (Å²) < 4.78 is 8.07. The van der Waals surface area contributed by atoms with Crippen LogP contribution >= 0.6 is 27.3 Å². The first-order valence-corrected chi connectivity index (χ1v) is 8.76. The normalized spacial score (nSPS) is 10.7. The molecule has 0 saturated carbocycles. The molecule has 0 spiro atoms. The molecule has 118 valence electrons. The summed E-state index contributed by atoms with van der Waals surface area (Å²) in [4.78, 5) is 14.2. The summed E-state index contributed by atoms with van der Waals surface area (Å²) >= 11 is 5.06. The van der Waals surface area contributed by atoms with Crippen LogP contribution in [-0.2, 0) is 6.54 Å². The lowest BCUT2D eigenvalue weighted by Crippen LogP contribution is -2.25. The number of ether oxygens (including phenoxy) is 1. The van der Waals surface area contributed by atoms with Gasteiger partial charge in [0.15, 0.2) is 0 Å². The largest absolute Gasteiger partial charge is 0.492 e. The van der Waals surface area contributed by atoms with Crippen molar-refractivity contribution >= 4 is 27.3 Å². The first kappa shape index (κ1) is 16.0. The van der Waals surface area contributed by atoms with Gasteiger partial charge in [0.2, 0.25) is 0 Å². The molecule has 0 radical (unpaired) electrons. The molecule has 2 heterocycles. The minimum absolute atomic E-state index is 0.125. The Hall–Kier alpha value is -1.92. The van der Waals surface area contributed by atoms with Gasteiger partial charge in [-0.3, -0.25) is 4.79 Å². The van der Waals surface area contributed by atoms with Crippen molar-refractivity contribution in [3.8, 4) is 16.3 Å². The lowest BCUT2D eigenvalue weighted by atomic mass is 10.3. The number of hydrogen-bond acceptors (Lipinski definition) is 4.